The molecule has 49 heavy (non-hydrogen) atoms. The SMILES string of the molecule is [2H]c1cc(-c2ccc3c4ccccc4c4ccccc4c3c2)cc2c1oc1cccc(-c3nc(-c4ccccc4)nc(-c4ccccc4)n3)c12. The van der Waals surface area contributed by atoms with Gasteiger partial charge in [-0.25, -0.2) is 15.0 Å². The predicted octanol–water partition coefficient (Wildman–Crippen LogP) is 11.9. The van der Waals surface area contributed by atoms with Crippen LogP contribution in [0, 0.1) is 0 Å². The highest BCUT2D eigenvalue weighted by Crippen LogP contribution is 2.40. The number of aromatic nitrogens is 3. The highest BCUT2D eigenvalue weighted by atomic mass is 16.3. The monoisotopic (exact) mass is 626 g/mol. The van der Waals surface area contributed by atoms with Crippen molar-refractivity contribution in [2.75, 3.05) is 0 Å². The van der Waals surface area contributed by atoms with Gasteiger partial charge in [-0.1, -0.05) is 140 Å². The molecule has 0 atom stereocenters. The molecule has 8 aromatic carbocycles. The third kappa shape index (κ3) is 4.49. The Kier molecular flexibility index (Phi) is 5.91. The zero-order valence-electron chi connectivity index (χ0n) is 27.3. The molecule has 0 aliphatic carbocycles. The van der Waals surface area contributed by atoms with Crippen LogP contribution >= 0.6 is 0 Å². The van der Waals surface area contributed by atoms with Crippen LogP contribution in [0.15, 0.2) is 168 Å². The Morgan fingerprint density at radius 1 is 0.367 bits per heavy atom. The van der Waals surface area contributed by atoms with E-state index in [0.717, 1.165) is 38.6 Å². The van der Waals surface area contributed by atoms with Gasteiger partial charge in [-0.2, -0.15) is 0 Å². The summed E-state index contributed by atoms with van der Waals surface area (Å²) in [5.41, 5.74) is 5.85. The highest BCUT2D eigenvalue weighted by Gasteiger charge is 2.18. The summed E-state index contributed by atoms with van der Waals surface area (Å²) in [6.45, 7) is 0. The molecular weight excluding hydrogens is 599 g/mol. The van der Waals surface area contributed by atoms with E-state index in [9.17, 15) is 0 Å². The Balaban J connectivity index is 1.21. The number of hydrogen-bond donors (Lipinski definition) is 0. The van der Waals surface area contributed by atoms with E-state index < -0.39 is 0 Å². The Hall–Kier alpha value is -6.65. The molecule has 0 aliphatic heterocycles. The van der Waals surface area contributed by atoms with E-state index in [1.54, 1.807) is 0 Å². The lowest BCUT2D eigenvalue weighted by Gasteiger charge is -2.12. The van der Waals surface area contributed by atoms with Gasteiger partial charge in [-0.05, 0) is 67.7 Å². The quantitative estimate of drug-likeness (QED) is 0.182. The maximum absolute atomic E-state index is 9.12. The Labute approximate surface area is 283 Å². The Morgan fingerprint density at radius 3 is 1.51 bits per heavy atom. The summed E-state index contributed by atoms with van der Waals surface area (Å²) < 4.78 is 15.5. The second-order valence-corrected chi connectivity index (χ2v) is 12.3. The summed E-state index contributed by atoms with van der Waals surface area (Å²) in [4.78, 5) is 14.9. The number of benzene rings is 8. The fourth-order valence-electron chi connectivity index (χ4n) is 7.13. The first kappa shape index (κ1) is 26.4. The molecule has 0 saturated heterocycles. The van der Waals surface area contributed by atoms with Crippen LogP contribution < -0.4 is 0 Å². The van der Waals surface area contributed by atoms with Crippen molar-refractivity contribution in [2.45, 2.75) is 0 Å². The van der Waals surface area contributed by atoms with Gasteiger partial charge in [0, 0.05) is 27.5 Å². The van der Waals surface area contributed by atoms with Crippen molar-refractivity contribution in [3.63, 3.8) is 0 Å². The van der Waals surface area contributed by atoms with Gasteiger partial charge in [-0.15, -0.1) is 0 Å². The summed E-state index contributed by atoms with van der Waals surface area (Å²) in [5, 5.41) is 9.06. The van der Waals surface area contributed by atoms with Gasteiger partial charge in [0.05, 0.1) is 1.37 Å². The van der Waals surface area contributed by atoms with Gasteiger partial charge in [0.2, 0.25) is 0 Å². The van der Waals surface area contributed by atoms with E-state index in [-0.39, 0.29) is 0 Å². The Bertz CT molecular complexity index is 2840. The molecule has 0 N–H and O–H groups in total. The predicted molar refractivity (Wildman–Crippen MR) is 201 cm³/mol. The van der Waals surface area contributed by atoms with Crippen LogP contribution in [0.4, 0.5) is 0 Å². The van der Waals surface area contributed by atoms with E-state index in [4.69, 9.17) is 20.7 Å². The van der Waals surface area contributed by atoms with Crippen molar-refractivity contribution >= 4 is 54.3 Å². The average Bonchev–Trinajstić information content (AvgIpc) is 3.58. The first-order valence-corrected chi connectivity index (χ1v) is 16.4. The number of rotatable bonds is 4. The van der Waals surface area contributed by atoms with Gasteiger partial charge in [0.25, 0.3) is 0 Å². The molecule has 0 radical (unpaired) electrons. The van der Waals surface area contributed by atoms with E-state index in [0.29, 0.717) is 34.7 Å². The van der Waals surface area contributed by atoms with Gasteiger partial charge >= 0.3 is 0 Å². The largest absolute Gasteiger partial charge is 0.456 e. The van der Waals surface area contributed by atoms with Gasteiger partial charge in [0.1, 0.15) is 11.2 Å². The fourth-order valence-corrected chi connectivity index (χ4v) is 7.13. The molecule has 0 amide bonds. The van der Waals surface area contributed by atoms with Gasteiger partial charge in [0.15, 0.2) is 17.5 Å². The van der Waals surface area contributed by atoms with Crippen LogP contribution in [-0.4, -0.2) is 15.0 Å². The maximum atomic E-state index is 9.12. The van der Waals surface area contributed by atoms with Gasteiger partial charge in [-0.3, -0.25) is 0 Å². The minimum absolute atomic E-state index is 0.328. The van der Waals surface area contributed by atoms with Crippen LogP contribution in [0.3, 0.4) is 0 Å². The summed E-state index contributed by atoms with van der Waals surface area (Å²) in [6.07, 6.45) is 0. The lowest BCUT2D eigenvalue weighted by atomic mass is 9.92. The molecule has 0 aliphatic rings. The second kappa shape index (κ2) is 11.0. The molecule has 0 spiro atoms. The molecule has 0 saturated carbocycles. The standard InChI is InChI=1S/C45H27N3O/c1-3-12-28(13-4-1)43-46-44(29-14-5-2-6-15-29)48-45(47-43)37-20-11-21-41-42(37)39-27-31(23-25-40(39)49-41)30-22-24-36-34-18-8-7-16-32(34)33-17-9-10-19-35(33)38(36)26-30/h1-27H/i25D. The molecule has 4 nitrogen and oxygen atoms in total. The number of nitrogens with zero attached hydrogens (tertiary/aromatic N) is 3. The molecule has 2 heterocycles. The second-order valence-electron chi connectivity index (χ2n) is 12.3. The van der Waals surface area contributed by atoms with Crippen molar-refractivity contribution in [3.8, 4) is 45.3 Å². The lowest BCUT2D eigenvalue weighted by molar-refractivity contribution is 0.669. The maximum Gasteiger partial charge on any atom is 0.164 e. The lowest BCUT2D eigenvalue weighted by Crippen LogP contribution is -2.00. The summed E-state index contributed by atoms with van der Waals surface area (Å²) in [7, 11) is 0. The highest BCUT2D eigenvalue weighted by molar-refractivity contribution is 6.25. The molecule has 10 rings (SSSR count). The topological polar surface area (TPSA) is 51.8 Å². The van der Waals surface area contributed by atoms with Crippen molar-refractivity contribution in [2.24, 2.45) is 0 Å². The number of furan rings is 1. The average molecular weight is 627 g/mol. The molecule has 2 aromatic heterocycles. The normalized spacial score (nSPS) is 12.0. The van der Waals surface area contributed by atoms with Crippen molar-refractivity contribution < 1.29 is 5.79 Å². The van der Waals surface area contributed by atoms with E-state index in [1.807, 2.05) is 84.9 Å². The van der Waals surface area contributed by atoms with E-state index >= 15 is 0 Å². The number of hydrogen-bond acceptors (Lipinski definition) is 4. The number of fused-ring (bicyclic) bond motifs is 9. The minimum Gasteiger partial charge on any atom is -0.456 e. The third-order valence-corrected chi connectivity index (χ3v) is 9.43. The van der Waals surface area contributed by atoms with Crippen LogP contribution in [-0.2, 0) is 0 Å². The molecule has 0 fully saturated rings. The smallest absolute Gasteiger partial charge is 0.164 e. The minimum atomic E-state index is 0.328. The fraction of sp³-hybridized carbons (Fsp3) is 0. The summed E-state index contributed by atoms with van der Waals surface area (Å²) >= 11 is 0. The first-order valence-electron chi connectivity index (χ1n) is 16.9. The van der Waals surface area contributed by atoms with Crippen LogP contribution in [0.2, 0.25) is 0 Å². The summed E-state index contributed by atoms with van der Waals surface area (Å²) in [5.74, 6) is 1.74. The molecule has 0 bridgehead atoms. The van der Waals surface area contributed by atoms with Crippen LogP contribution in [0.25, 0.3) is 99.5 Å². The van der Waals surface area contributed by atoms with E-state index in [1.165, 1.54) is 32.3 Å². The zero-order chi connectivity index (χ0) is 33.2. The third-order valence-electron chi connectivity index (χ3n) is 9.43. The van der Waals surface area contributed by atoms with Gasteiger partial charge < -0.3 is 4.42 Å². The van der Waals surface area contributed by atoms with Crippen molar-refractivity contribution in [1.29, 1.82) is 0 Å². The van der Waals surface area contributed by atoms with Crippen molar-refractivity contribution in [3.05, 3.63) is 164 Å². The van der Waals surface area contributed by atoms with Crippen LogP contribution in [0.5, 0.6) is 0 Å². The Morgan fingerprint density at radius 2 is 0.878 bits per heavy atom. The first-order chi connectivity index (χ1) is 24.7. The van der Waals surface area contributed by atoms with Crippen LogP contribution in [0.1, 0.15) is 1.37 Å². The molecule has 0 unspecified atom stereocenters. The summed E-state index contributed by atoms with van der Waals surface area (Å²) in [6, 6.07) is 54.1. The molecule has 10 aromatic rings. The molecule has 228 valence electrons. The van der Waals surface area contributed by atoms with E-state index in [2.05, 4.69) is 72.8 Å². The molecular formula is C45H27N3O. The zero-order valence-corrected chi connectivity index (χ0v) is 26.3. The molecule has 4 heteroatoms. The van der Waals surface area contributed by atoms with Crippen molar-refractivity contribution in [1.82, 2.24) is 15.0 Å².